The van der Waals surface area contributed by atoms with Crippen molar-refractivity contribution in [3.05, 3.63) is 0 Å². The first-order valence-corrected chi connectivity index (χ1v) is 4.11. The summed E-state index contributed by atoms with van der Waals surface area (Å²) in [4.78, 5) is 0. The molecule has 0 heterocycles. The molecule has 1 unspecified atom stereocenters. The first-order valence-electron chi connectivity index (χ1n) is 2.96. The fourth-order valence-corrected chi connectivity index (χ4v) is 1.12. The molecule has 0 aliphatic heterocycles. The molecule has 9 heavy (non-hydrogen) atoms. The second-order valence-corrected chi connectivity index (χ2v) is 3.04. The fraction of sp³-hybridized carbons (Fsp3) is 0.833. The molecule has 0 rings (SSSR count). The van der Waals surface area contributed by atoms with Crippen molar-refractivity contribution >= 4 is 11.8 Å². The minimum absolute atomic E-state index is 0.545. The number of nitrogens with two attached hydrogens (primary N) is 1. The Balaban J connectivity index is 2.99. The zero-order chi connectivity index (χ0) is 7.11. The molecular formula is C6H12N2S. The lowest BCUT2D eigenvalue weighted by Crippen LogP contribution is -2.12. The Morgan fingerprint density at radius 2 is 2.44 bits per heavy atom. The van der Waals surface area contributed by atoms with Crippen LogP contribution in [-0.4, -0.2) is 18.1 Å². The highest BCUT2D eigenvalue weighted by molar-refractivity contribution is 7.99. The summed E-state index contributed by atoms with van der Waals surface area (Å²) in [6.45, 7) is 2.81. The maximum atomic E-state index is 8.15. The zero-order valence-corrected chi connectivity index (χ0v) is 6.45. The van der Waals surface area contributed by atoms with Gasteiger partial charge in [-0.05, 0) is 18.2 Å². The minimum Gasteiger partial charge on any atom is -0.330 e. The number of nitriles is 1. The first kappa shape index (κ1) is 8.80. The summed E-state index contributed by atoms with van der Waals surface area (Å²) in [7, 11) is 0. The van der Waals surface area contributed by atoms with Gasteiger partial charge in [0.15, 0.2) is 0 Å². The third-order valence-electron chi connectivity index (χ3n) is 0.971. The van der Waals surface area contributed by atoms with Gasteiger partial charge in [-0.15, -0.1) is 11.8 Å². The van der Waals surface area contributed by atoms with Crippen LogP contribution in [0.25, 0.3) is 0 Å². The van der Waals surface area contributed by atoms with Gasteiger partial charge in [0.05, 0.1) is 11.8 Å². The standard InChI is InChI=1S/C6H12N2S/c1-6(4-8)5-9-3-2-7/h6H,3-5,8H2,1H3. The minimum atomic E-state index is 0.545. The molecule has 0 saturated heterocycles. The topological polar surface area (TPSA) is 49.8 Å². The third kappa shape index (κ3) is 5.67. The van der Waals surface area contributed by atoms with E-state index in [1.54, 1.807) is 11.8 Å². The average molecular weight is 144 g/mol. The van der Waals surface area contributed by atoms with Gasteiger partial charge in [-0.2, -0.15) is 5.26 Å². The van der Waals surface area contributed by atoms with E-state index in [9.17, 15) is 0 Å². The van der Waals surface area contributed by atoms with Crippen LogP contribution in [0, 0.1) is 17.2 Å². The summed E-state index contributed by atoms with van der Waals surface area (Å²) in [5, 5.41) is 8.15. The molecule has 3 heteroatoms. The Morgan fingerprint density at radius 1 is 1.78 bits per heavy atom. The lowest BCUT2D eigenvalue weighted by molar-refractivity contribution is 0.676. The Labute approximate surface area is 60.4 Å². The molecule has 2 N–H and O–H groups in total. The summed E-state index contributed by atoms with van der Waals surface area (Å²) >= 11 is 1.64. The quantitative estimate of drug-likeness (QED) is 0.595. The van der Waals surface area contributed by atoms with E-state index in [4.69, 9.17) is 11.0 Å². The number of rotatable bonds is 4. The molecule has 0 aliphatic rings. The molecule has 1 atom stereocenters. The molecular weight excluding hydrogens is 132 g/mol. The second kappa shape index (κ2) is 5.93. The van der Waals surface area contributed by atoms with Gasteiger partial charge in [-0.1, -0.05) is 6.92 Å². The van der Waals surface area contributed by atoms with E-state index in [1.807, 2.05) is 0 Å². The molecule has 0 aromatic heterocycles. The van der Waals surface area contributed by atoms with Crippen molar-refractivity contribution in [3.8, 4) is 6.07 Å². The predicted molar refractivity (Wildman–Crippen MR) is 41.2 cm³/mol. The smallest absolute Gasteiger partial charge is 0.0808 e. The molecule has 0 aromatic carbocycles. The van der Waals surface area contributed by atoms with Gasteiger partial charge < -0.3 is 5.73 Å². The van der Waals surface area contributed by atoms with Crippen molar-refractivity contribution in [3.63, 3.8) is 0 Å². The number of hydrogen-bond donors (Lipinski definition) is 1. The Morgan fingerprint density at radius 3 is 2.89 bits per heavy atom. The summed E-state index contributed by atoms with van der Waals surface area (Å²) in [5.41, 5.74) is 5.36. The SMILES string of the molecule is CC(CN)CSCC#N. The molecule has 0 aromatic rings. The van der Waals surface area contributed by atoms with Gasteiger partial charge in [-0.25, -0.2) is 0 Å². The van der Waals surface area contributed by atoms with E-state index in [2.05, 4.69) is 13.0 Å². The van der Waals surface area contributed by atoms with Crippen LogP contribution >= 0.6 is 11.8 Å². The summed E-state index contributed by atoms with van der Waals surface area (Å²) in [6.07, 6.45) is 0. The highest BCUT2D eigenvalue weighted by Crippen LogP contribution is 2.04. The van der Waals surface area contributed by atoms with E-state index in [0.29, 0.717) is 11.7 Å². The van der Waals surface area contributed by atoms with Crippen molar-refractivity contribution in [2.24, 2.45) is 11.7 Å². The van der Waals surface area contributed by atoms with Gasteiger partial charge in [0.25, 0.3) is 0 Å². The van der Waals surface area contributed by atoms with Crippen molar-refractivity contribution in [2.45, 2.75) is 6.92 Å². The summed E-state index contributed by atoms with van der Waals surface area (Å²) in [5.74, 6) is 2.14. The fourth-order valence-electron chi connectivity index (χ4n) is 0.374. The van der Waals surface area contributed by atoms with Gasteiger partial charge in [-0.3, -0.25) is 0 Å². The van der Waals surface area contributed by atoms with Crippen LogP contribution in [0.3, 0.4) is 0 Å². The Hall–Kier alpha value is -0.200. The molecule has 0 radical (unpaired) electrons. The van der Waals surface area contributed by atoms with Crippen LogP contribution in [0.4, 0.5) is 0 Å². The van der Waals surface area contributed by atoms with Gasteiger partial charge in [0.1, 0.15) is 0 Å². The Kier molecular flexibility index (Phi) is 5.80. The van der Waals surface area contributed by atoms with E-state index < -0.39 is 0 Å². The molecule has 0 bridgehead atoms. The van der Waals surface area contributed by atoms with Crippen LogP contribution in [-0.2, 0) is 0 Å². The highest BCUT2D eigenvalue weighted by atomic mass is 32.2. The molecule has 52 valence electrons. The first-order chi connectivity index (χ1) is 4.31. The third-order valence-corrected chi connectivity index (χ3v) is 2.11. The molecule has 0 aliphatic carbocycles. The normalized spacial score (nSPS) is 12.6. The Bertz CT molecular complexity index is 97.7. The monoisotopic (exact) mass is 144 g/mol. The van der Waals surface area contributed by atoms with Crippen molar-refractivity contribution in [2.75, 3.05) is 18.1 Å². The van der Waals surface area contributed by atoms with Crippen LogP contribution < -0.4 is 5.73 Å². The maximum absolute atomic E-state index is 8.15. The number of thioether (sulfide) groups is 1. The van der Waals surface area contributed by atoms with Gasteiger partial charge in [0.2, 0.25) is 0 Å². The van der Waals surface area contributed by atoms with Crippen LogP contribution in [0.2, 0.25) is 0 Å². The van der Waals surface area contributed by atoms with Gasteiger partial charge in [0, 0.05) is 0 Å². The van der Waals surface area contributed by atoms with Crippen molar-refractivity contribution in [1.29, 1.82) is 5.26 Å². The van der Waals surface area contributed by atoms with Crippen LogP contribution in [0.5, 0.6) is 0 Å². The maximum Gasteiger partial charge on any atom is 0.0808 e. The summed E-state index contributed by atoms with van der Waals surface area (Å²) < 4.78 is 0. The lowest BCUT2D eigenvalue weighted by atomic mass is 10.2. The van der Waals surface area contributed by atoms with Crippen LogP contribution in [0.1, 0.15) is 6.92 Å². The van der Waals surface area contributed by atoms with E-state index in [1.165, 1.54) is 0 Å². The molecule has 0 spiro atoms. The van der Waals surface area contributed by atoms with Crippen molar-refractivity contribution in [1.82, 2.24) is 0 Å². The second-order valence-electron chi connectivity index (χ2n) is 2.01. The van der Waals surface area contributed by atoms with Crippen molar-refractivity contribution < 1.29 is 0 Å². The molecule has 0 saturated carbocycles. The number of hydrogen-bond acceptors (Lipinski definition) is 3. The molecule has 0 amide bonds. The average Bonchev–Trinajstić information content (AvgIpc) is 1.89. The van der Waals surface area contributed by atoms with E-state index in [0.717, 1.165) is 12.3 Å². The largest absolute Gasteiger partial charge is 0.330 e. The highest BCUT2D eigenvalue weighted by Gasteiger charge is 1.96. The van der Waals surface area contributed by atoms with Crippen LogP contribution in [0.15, 0.2) is 0 Å². The summed E-state index contributed by atoms with van der Waals surface area (Å²) in [6, 6.07) is 2.07. The molecule has 2 nitrogen and oxygen atoms in total. The zero-order valence-electron chi connectivity index (χ0n) is 5.63. The number of nitrogens with zero attached hydrogens (tertiary/aromatic N) is 1. The van der Waals surface area contributed by atoms with E-state index in [-0.39, 0.29) is 0 Å². The lowest BCUT2D eigenvalue weighted by Gasteiger charge is -2.03. The predicted octanol–water partition coefficient (Wildman–Crippen LogP) is 0.838. The van der Waals surface area contributed by atoms with E-state index >= 15 is 0 Å². The van der Waals surface area contributed by atoms with Gasteiger partial charge >= 0.3 is 0 Å². The molecule has 0 fully saturated rings.